The molecule has 0 spiro atoms. The summed E-state index contributed by atoms with van der Waals surface area (Å²) in [5.74, 6) is -1.02. The number of amides is 1. The van der Waals surface area contributed by atoms with Gasteiger partial charge in [-0.3, -0.25) is 4.79 Å². The number of anilines is 1. The van der Waals surface area contributed by atoms with Crippen molar-refractivity contribution in [3.63, 3.8) is 0 Å². The molecule has 0 unspecified atom stereocenters. The van der Waals surface area contributed by atoms with E-state index in [-0.39, 0.29) is 28.3 Å². The van der Waals surface area contributed by atoms with E-state index >= 15 is 0 Å². The number of ether oxygens (including phenoxy) is 2. The average Bonchev–Trinajstić information content (AvgIpc) is 2.88. The van der Waals surface area contributed by atoms with Crippen LogP contribution in [0.5, 0.6) is 5.75 Å². The highest BCUT2D eigenvalue weighted by Gasteiger charge is 2.18. The SMILES string of the molecule is CCCCCCCCOc1cc(F)ccc1C(=O)Nc1ccc(C(=O)OCC[N+](C)(CC)CC)cc1.[Br-]. The fourth-order valence-corrected chi connectivity index (χ4v) is 3.74. The Morgan fingerprint density at radius 3 is 2.19 bits per heavy atom. The molecule has 0 saturated carbocycles. The molecule has 0 saturated heterocycles. The average molecular weight is 582 g/mol. The number of hydrogen-bond acceptors (Lipinski definition) is 4. The molecule has 0 heterocycles. The second-order valence-electron chi connectivity index (χ2n) is 9.40. The number of likely N-dealkylation sites (N-methyl/N-ethyl adjacent to an activating group) is 1. The summed E-state index contributed by atoms with van der Waals surface area (Å²) in [4.78, 5) is 25.2. The zero-order chi connectivity index (χ0) is 26.4. The van der Waals surface area contributed by atoms with Gasteiger partial charge in [0.15, 0.2) is 0 Å². The van der Waals surface area contributed by atoms with E-state index in [9.17, 15) is 14.0 Å². The van der Waals surface area contributed by atoms with E-state index in [2.05, 4.69) is 33.1 Å². The van der Waals surface area contributed by atoms with E-state index in [1.54, 1.807) is 24.3 Å². The van der Waals surface area contributed by atoms with Crippen LogP contribution in [-0.2, 0) is 4.74 Å². The molecule has 37 heavy (non-hydrogen) atoms. The maximum Gasteiger partial charge on any atom is 0.338 e. The Kier molecular flexibility index (Phi) is 15.1. The number of rotatable bonds is 16. The fourth-order valence-electron chi connectivity index (χ4n) is 3.74. The maximum atomic E-state index is 13.8. The number of quaternary nitrogens is 1. The van der Waals surface area contributed by atoms with E-state index in [1.807, 2.05) is 0 Å². The zero-order valence-electron chi connectivity index (χ0n) is 22.7. The van der Waals surface area contributed by atoms with E-state index in [0.717, 1.165) is 43.4 Å². The van der Waals surface area contributed by atoms with Gasteiger partial charge in [-0.15, -0.1) is 0 Å². The molecule has 8 heteroatoms. The lowest BCUT2D eigenvalue weighted by molar-refractivity contribution is -0.906. The molecule has 0 aliphatic rings. The number of unbranched alkanes of at least 4 members (excludes halogenated alkanes) is 5. The van der Waals surface area contributed by atoms with Gasteiger partial charge in [-0.1, -0.05) is 39.0 Å². The summed E-state index contributed by atoms with van der Waals surface area (Å²) >= 11 is 0. The van der Waals surface area contributed by atoms with Crippen LogP contribution in [0.15, 0.2) is 42.5 Å². The number of nitrogens with zero attached hydrogens (tertiary/aromatic N) is 1. The first kappa shape index (κ1) is 32.6. The van der Waals surface area contributed by atoms with Gasteiger partial charge in [-0.2, -0.15) is 0 Å². The van der Waals surface area contributed by atoms with Crippen LogP contribution in [0.2, 0.25) is 0 Å². The lowest BCUT2D eigenvalue weighted by Crippen LogP contribution is -3.00. The minimum Gasteiger partial charge on any atom is -1.00 e. The van der Waals surface area contributed by atoms with Gasteiger partial charge < -0.3 is 36.3 Å². The number of nitrogens with one attached hydrogen (secondary N) is 1. The third kappa shape index (κ3) is 11.2. The van der Waals surface area contributed by atoms with Crippen LogP contribution in [0.4, 0.5) is 10.1 Å². The smallest absolute Gasteiger partial charge is 0.338 e. The molecule has 0 bridgehead atoms. The van der Waals surface area contributed by atoms with Crippen molar-refractivity contribution in [1.82, 2.24) is 0 Å². The normalized spacial score (nSPS) is 10.9. The summed E-state index contributed by atoms with van der Waals surface area (Å²) in [5.41, 5.74) is 1.20. The third-order valence-electron chi connectivity index (χ3n) is 6.71. The summed E-state index contributed by atoms with van der Waals surface area (Å²) in [7, 11) is 2.14. The van der Waals surface area contributed by atoms with E-state index < -0.39 is 17.7 Å². The first-order valence-corrected chi connectivity index (χ1v) is 13.2. The first-order valence-electron chi connectivity index (χ1n) is 13.2. The third-order valence-corrected chi connectivity index (χ3v) is 6.71. The highest BCUT2D eigenvalue weighted by molar-refractivity contribution is 6.06. The number of esters is 1. The van der Waals surface area contributed by atoms with E-state index in [0.29, 0.717) is 24.5 Å². The topological polar surface area (TPSA) is 64.6 Å². The van der Waals surface area contributed by atoms with Gasteiger partial charge in [0.1, 0.15) is 24.7 Å². The summed E-state index contributed by atoms with van der Waals surface area (Å²) in [6, 6.07) is 10.4. The van der Waals surface area contributed by atoms with Crippen LogP contribution in [0, 0.1) is 5.82 Å². The van der Waals surface area contributed by atoms with Crippen LogP contribution in [-0.4, -0.2) is 56.3 Å². The molecule has 0 aliphatic carbocycles. The number of carbonyl (C=O) groups excluding carboxylic acids is 2. The number of benzene rings is 2. The Hall–Kier alpha value is -2.45. The van der Waals surface area contributed by atoms with Gasteiger partial charge >= 0.3 is 5.97 Å². The van der Waals surface area contributed by atoms with Crippen molar-refractivity contribution in [1.29, 1.82) is 0 Å². The Morgan fingerprint density at radius 2 is 1.54 bits per heavy atom. The standard InChI is InChI=1S/C29H41FN2O4.BrH/c1-5-8-9-10-11-12-20-35-27-22-24(30)15-18-26(27)28(33)31-25-16-13-23(14-17-25)29(34)36-21-19-32(4,6-2)7-3;/h13-18,22H,5-12,19-21H2,1-4H3;1H. The number of carbonyl (C=O) groups is 2. The van der Waals surface area contributed by atoms with Crippen molar-refractivity contribution < 1.29 is 44.9 Å². The Balaban J connectivity index is 0.00000684. The second kappa shape index (κ2) is 17.1. The molecule has 6 nitrogen and oxygen atoms in total. The van der Waals surface area contributed by atoms with Gasteiger partial charge in [0, 0.05) is 11.8 Å². The van der Waals surface area contributed by atoms with Crippen molar-refractivity contribution in [3.8, 4) is 5.75 Å². The minimum absolute atomic E-state index is 0. The molecule has 2 aromatic carbocycles. The molecule has 0 radical (unpaired) electrons. The lowest BCUT2D eigenvalue weighted by atomic mass is 10.1. The minimum atomic E-state index is -0.454. The molecular formula is C29H42BrFN2O4. The van der Waals surface area contributed by atoms with Crippen molar-refractivity contribution in [2.75, 3.05) is 45.2 Å². The molecule has 0 aliphatic heterocycles. The fraction of sp³-hybridized carbons (Fsp3) is 0.517. The monoisotopic (exact) mass is 580 g/mol. The van der Waals surface area contributed by atoms with Crippen LogP contribution >= 0.6 is 0 Å². The predicted octanol–water partition coefficient (Wildman–Crippen LogP) is 3.46. The van der Waals surface area contributed by atoms with Gasteiger partial charge in [-0.25, -0.2) is 9.18 Å². The van der Waals surface area contributed by atoms with Gasteiger partial charge in [0.05, 0.1) is 37.9 Å². The van der Waals surface area contributed by atoms with Gasteiger partial charge in [0.25, 0.3) is 5.91 Å². The van der Waals surface area contributed by atoms with Crippen LogP contribution in [0.25, 0.3) is 0 Å². The number of halogens is 2. The molecule has 0 fully saturated rings. The largest absolute Gasteiger partial charge is 1.00 e. The Morgan fingerprint density at radius 1 is 0.892 bits per heavy atom. The summed E-state index contributed by atoms with van der Waals surface area (Å²) in [5, 5.41) is 2.79. The second-order valence-corrected chi connectivity index (χ2v) is 9.40. The van der Waals surface area contributed by atoms with E-state index in [4.69, 9.17) is 9.47 Å². The van der Waals surface area contributed by atoms with Crippen LogP contribution in [0.3, 0.4) is 0 Å². The lowest BCUT2D eigenvalue weighted by Gasteiger charge is -2.31. The van der Waals surface area contributed by atoms with Crippen LogP contribution in [0.1, 0.15) is 80.0 Å². The van der Waals surface area contributed by atoms with Crippen molar-refractivity contribution >= 4 is 17.6 Å². The quantitative estimate of drug-likeness (QED) is 0.188. The van der Waals surface area contributed by atoms with Crippen LogP contribution < -0.4 is 27.0 Å². The Labute approximate surface area is 231 Å². The maximum absolute atomic E-state index is 13.8. The molecule has 2 aromatic rings. The predicted molar refractivity (Wildman–Crippen MR) is 142 cm³/mol. The molecular weight excluding hydrogens is 539 g/mol. The molecule has 0 atom stereocenters. The van der Waals surface area contributed by atoms with Gasteiger partial charge in [0.2, 0.25) is 0 Å². The highest BCUT2D eigenvalue weighted by Crippen LogP contribution is 2.22. The highest BCUT2D eigenvalue weighted by atomic mass is 79.9. The van der Waals surface area contributed by atoms with Crippen molar-refractivity contribution in [2.24, 2.45) is 0 Å². The van der Waals surface area contributed by atoms with Gasteiger partial charge in [-0.05, 0) is 56.7 Å². The molecule has 2 rings (SSSR count). The summed E-state index contributed by atoms with van der Waals surface area (Å²) < 4.78 is 25.8. The zero-order valence-corrected chi connectivity index (χ0v) is 24.2. The molecule has 1 N–H and O–H groups in total. The summed E-state index contributed by atoms with van der Waals surface area (Å²) in [6.07, 6.45) is 6.68. The van der Waals surface area contributed by atoms with Crippen molar-refractivity contribution in [2.45, 2.75) is 59.3 Å². The Bertz CT molecular complexity index is 965. The molecule has 1 amide bonds. The number of hydrogen-bond donors (Lipinski definition) is 1. The van der Waals surface area contributed by atoms with Crippen molar-refractivity contribution in [3.05, 3.63) is 59.4 Å². The summed E-state index contributed by atoms with van der Waals surface area (Å²) in [6.45, 7) is 9.91. The van der Waals surface area contributed by atoms with E-state index in [1.165, 1.54) is 37.5 Å². The first-order chi connectivity index (χ1) is 17.3. The molecule has 206 valence electrons. The molecule has 0 aromatic heterocycles.